The molecular weight excluding hydrogens is 354 g/mol. The number of piperazine rings is 1. The quantitative estimate of drug-likeness (QED) is 0.759. The summed E-state index contributed by atoms with van der Waals surface area (Å²) in [6.45, 7) is 0.594. The molecule has 1 saturated heterocycles. The summed E-state index contributed by atoms with van der Waals surface area (Å²) in [5.74, 6) is 0.816. The van der Waals surface area contributed by atoms with Crippen LogP contribution in [-0.2, 0) is 0 Å². The minimum atomic E-state index is -2.95. The average Bonchev–Trinajstić information content (AvgIpc) is 3.11. The van der Waals surface area contributed by atoms with Crippen LogP contribution in [0.25, 0.3) is 16.6 Å². The van der Waals surface area contributed by atoms with Gasteiger partial charge in [-0.05, 0) is 18.2 Å². The van der Waals surface area contributed by atoms with Gasteiger partial charge in [-0.2, -0.15) is 19.1 Å². The number of pyridine rings is 2. The van der Waals surface area contributed by atoms with Crippen molar-refractivity contribution in [3.8, 4) is 22.9 Å². The molecule has 1 fully saturated rings. The minimum Gasteiger partial charge on any atom is -0.433 e. The molecule has 4 heterocycles. The fourth-order valence-electron chi connectivity index (χ4n) is 3.19. The Balaban J connectivity index is 1.77. The van der Waals surface area contributed by atoms with Gasteiger partial charge >= 0.3 is 6.61 Å². The van der Waals surface area contributed by atoms with Gasteiger partial charge in [-0.1, -0.05) is 0 Å². The van der Waals surface area contributed by atoms with Gasteiger partial charge in [-0.25, -0.2) is 9.50 Å². The summed E-state index contributed by atoms with van der Waals surface area (Å²) in [6.07, 6.45) is 4.40. The number of anilines is 1. The molecule has 0 spiro atoms. The molecule has 1 aliphatic heterocycles. The van der Waals surface area contributed by atoms with Crippen molar-refractivity contribution in [2.45, 2.75) is 6.61 Å². The standard InChI is InChI=1S/C18H16F2N6O/c19-18(20)27-14-7-15(17-13(8-21)10-24-26(17)11-14)12-1-2-16(23-9-12)25-5-3-22-4-6-25/h1-2,7,9-11,18,22H,3-6H2. The summed E-state index contributed by atoms with van der Waals surface area (Å²) < 4.78 is 31.2. The number of nitrogens with one attached hydrogen (secondary N) is 1. The molecular formula is C18H16F2N6O. The zero-order valence-corrected chi connectivity index (χ0v) is 14.3. The van der Waals surface area contributed by atoms with E-state index >= 15 is 0 Å². The van der Waals surface area contributed by atoms with Gasteiger partial charge in [0.05, 0.1) is 23.5 Å². The van der Waals surface area contributed by atoms with Gasteiger partial charge in [0, 0.05) is 43.5 Å². The number of aromatic nitrogens is 3. The molecule has 0 saturated carbocycles. The van der Waals surface area contributed by atoms with Crippen LogP contribution in [0.4, 0.5) is 14.6 Å². The number of nitriles is 1. The number of rotatable bonds is 4. The highest BCUT2D eigenvalue weighted by atomic mass is 19.3. The van der Waals surface area contributed by atoms with Crippen molar-refractivity contribution in [1.82, 2.24) is 19.9 Å². The van der Waals surface area contributed by atoms with Crippen molar-refractivity contribution in [2.75, 3.05) is 31.1 Å². The van der Waals surface area contributed by atoms with E-state index in [1.54, 1.807) is 6.20 Å². The molecule has 0 amide bonds. The lowest BCUT2D eigenvalue weighted by molar-refractivity contribution is -0.0501. The first-order chi connectivity index (χ1) is 13.2. The fourth-order valence-corrected chi connectivity index (χ4v) is 3.19. The summed E-state index contributed by atoms with van der Waals surface area (Å²) in [5.41, 5.74) is 2.12. The number of hydrogen-bond donors (Lipinski definition) is 1. The third kappa shape index (κ3) is 3.39. The number of nitrogens with zero attached hydrogens (tertiary/aromatic N) is 5. The van der Waals surface area contributed by atoms with E-state index in [9.17, 15) is 14.0 Å². The molecule has 3 aromatic rings. The SMILES string of the molecule is N#Cc1cnn2cc(OC(F)F)cc(-c3ccc(N4CCNCC4)nc3)c12. The van der Waals surface area contributed by atoms with Crippen LogP contribution in [0.2, 0.25) is 0 Å². The van der Waals surface area contributed by atoms with E-state index in [1.807, 2.05) is 12.1 Å². The highest BCUT2D eigenvalue weighted by molar-refractivity contribution is 5.85. The molecule has 0 aliphatic carbocycles. The van der Waals surface area contributed by atoms with E-state index in [2.05, 4.69) is 31.1 Å². The summed E-state index contributed by atoms with van der Waals surface area (Å²) in [4.78, 5) is 6.68. The summed E-state index contributed by atoms with van der Waals surface area (Å²) in [5, 5.41) is 16.7. The Morgan fingerprint density at radius 3 is 2.70 bits per heavy atom. The molecule has 0 radical (unpaired) electrons. The first kappa shape index (κ1) is 17.2. The van der Waals surface area contributed by atoms with Crippen LogP contribution in [0, 0.1) is 11.3 Å². The Morgan fingerprint density at radius 1 is 1.22 bits per heavy atom. The molecule has 4 rings (SSSR count). The largest absolute Gasteiger partial charge is 0.433 e. The number of fused-ring (bicyclic) bond motifs is 1. The lowest BCUT2D eigenvalue weighted by Crippen LogP contribution is -2.43. The fraction of sp³-hybridized carbons (Fsp3) is 0.278. The topological polar surface area (TPSA) is 78.5 Å². The van der Waals surface area contributed by atoms with Crippen molar-refractivity contribution in [3.05, 3.63) is 42.4 Å². The Hall–Kier alpha value is -3.25. The van der Waals surface area contributed by atoms with Crippen molar-refractivity contribution in [2.24, 2.45) is 0 Å². The van der Waals surface area contributed by atoms with Crippen LogP contribution in [0.1, 0.15) is 5.56 Å². The van der Waals surface area contributed by atoms with E-state index in [4.69, 9.17) is 0 Å². The van der Waals surface area contributed by atoms with E-state index in [-0.39, 0.29) is 5.75 Å². The molecule has 138 valence electrons. The average molecular weight is 370 g/mol. The second-order valence-corrected chi connectivity index (χ2v) is 6.07. The molecule has 1 N–H and O–H groups in total. The molecule has 0 unspecified atom stereocenters. The van der Waals surface area contributed by atoms with Crippen molar-refractivity contribution in [3.63, 3.8) is 0 Å². The second kappa shape index (κ2) is 7.17. The molecule has 0 aromatic carbocycles. The van der Waals surface area contributed by atoms with E-state index in [0.29, 0.717) is 22.2 Å². The first-order valence-corrected chi connectivity index (χ1v) is 8.44. The van der Waals surface area contributed by atoms with Gasteiger partial charge in [0.15, 0.2) is 0 Å². The molecule has 3 aromatic heterocycles. The molecule has 1 aliphatic rings. The third-order valence-corrected chi connectivity index (χ3v) is 4.43. The normalized spacial score (nSPS) is 14.5. The van der Waals surface area contributed by atoms with Gasteiger partial charge in [-0.3, -0.25) is 0 Å². The predicted molar refractivity (Wildman–Crippen MR) is 94.9 cm³/mol. The number of halogens is 2. The molecule has 7 nitrogen and oxygen atoms in total. The van der Waals surface area contributed by atoms with Crippen molar-refractivity contribution >= 4 is 11.3 Å². The lowest BCUT2D eigenvalue weighted by Gasteiger charge is -2.28. The zero-order chi connectivity index (χ0) is 18.8. The van der Waals surface area contributed by atoms with Crippen LogP contribution in [0.5, 0.6) is 5.75 Å². The monoisotopic (exact) mass is 370 g/mol. The first-order valence-electron chi connectivity index (χ1n) is 8.44. The molecule has 27 heavy (non-hydrogen) atoms. The van der Waals surface area contributed by atoms with E-state index in [1.165, 1.54) is 23.0 Å². The lowest BCUT2D eigenvalue weighted by atomic mass is 10.1. The Kier molecular flexibility index (Phi) is 4.56. The Bertz CT molecular complexity index is 989. The molecule has 0 bridgehead atoms. The van der Waals surface area contributed by atoms with E-state index < -0.39 is 6.61 Å². The van der Waals surface area contributed by atoms with Gasteiger partial charge in [0.25, 0.3) is 0 Å². The maximum absolute atomic E-state index is 12.7. The van der Waals surface area contributed by atoms with Crippen LogP contribution < -0.4 is 15.0 Å². The van der Waals surface area contributed by atoms with Crippen LogP contribution in [0.15, 0.2) is 36.8 Å². The van der Waals surface area contributed by atoms with Crippen molar-refractivity contribution in [1.29, 1.82) is 5.26 Å². The van der Waals surface area contributed by atoms with Gasteiger partial charge in [0.2, 0.25) is 0 Å². The van der Waals surface area contributed by atoms with Crippen molar-refractivity contribution < 1.29 is 13.5 Å². The predicted octanol–water partition coefficient (Wildman–Crippen LogP) is 2.28. The van der Waals surface area contributed by atoms with E-state index in [0.717, 1.165) is 32.0 Å². The van der Waals surface area contributed by atoms with Crippen LogP contribution >= 0.6 is 0 Å². The summed E-state index contributed by atoms with van der Waals surface area (Å²) >= 11 is 0. The maximum atomic E-state index is 12.7. The highest BCUT2D eigenvalue weighted by Gasteiger charge is 2.17. The number of alkyl halides is 2. The van der Waals surface area contributed by atoms with Crippen LogP contribution in [-0.4, -0.2) is 47.4 Å². The number of hydrogen-bond acceptors (Lipinski definition) is 6. The maximum Gasteiger partial charge on any atom is 0.387 e. The summed E-state index contributed by atoms with van der Waals surface area (Å²) in [6, 6.07) is 7.30. The van der Waals surface area contributed by atoms with Crippen LogP contribution in [0.3, 0.4) is 0 Å². The van der Waals surface area contributed by atoms with Gasteiger partial charge in [-0.15, -0.1) is 0 Å². The molecule has 0 atom stereocenters. The third-order valence-electron chi connectivity index (χ3n) is 4.43. The van der Waals surface area contributed by atoms with Gasteiger partial charge in [0.1, 0.15) is 17.6 Å². The smallest absolute Gasteiger partial charge is 0.387 e. The number of ether oxygens (including phenoxy) is 1. The molecule has 9 heteroatoms. The summed E-state index contributed by atoms with van der Waals surface area (Å²) in [7, 11) is 0. The Labute approximate surface area is 153 Å². The van der Waals surface area contributed by atoms with Gasteiger partial charge < -0.3 is 15.0 Å². The second-order valence-electron chi connectivity index (χ2n) is 6.07. The zero-order valence-electron chi connectivity index (χ0n) is 14.3. The minimum absolute atomic E-state index is 0.0359. The Morgan fingerprint density at radius 2 is 2.04 bits per heavy atom. The highest BCUT2D eigenvalue weighted by Crippen LogP contribution is 2.31.